The van der Waals surface area contributed by atoms with E-state index in [0.717, 1.165) is 17.8 Å². The van der Waals surface area contributed by atoms with Crippen LogP contribution in [0.15, 0.2) is 36.9 Å². The summed E-state index contributed by atoms with van der Waals surface area (Å²) in [5, 5.41) is 4.00. The van der Waals surface area contributed by atoms with Crippen LogP contribution in [0.5, 0.6) is 0 Å². The van der Waals surface area contributed by atoms with Gasteiger partial charge in [0.1, 0.15) is 4.99 Å². The largest absolute Gasteiger partial charge is 0.389 e. The zero-order valence-corrected chi connectivity index (χ0v) is 12.1. The highest BCUT2D eigenvalue weighted by atomic mass is 35.5. The molecule has 0 radical (unpaired) electrons. The molecule has 0 spiro atoms. The Morgan fingerprint density at radius 3 is 3.00 bits per heavy atom. The monoisotopic (exact) mass is 294 g/mol. The molecule has 19 heavy (non-hydrogen) atoms. The summed E-state index contributed by atoms with van der Waals surface area (Å²) in [4.78, 5) is 4.35. The maximum Gasteiger partial charge on any atom is 0.106 e. The number of imidazole rings is 1. The van der Waals surface area contributed by atoms with Crippen molar-refractivity contribution in [3.63, 3.8) is 0 Å². The number of nitrogens with one attached hydrogen (secondary N) is 1. The minimum absolute atomic E-state index is 0.212. The maximum atomic E-state index is 5.96. The molecule has 0 aliphatic heterocycles. The number of benzene rings is 1. The third-order valence-electron chi connectivity index (χ3n) is 2.69. The molecule has 2 rings (SSSR count). The molecule has 0 aliphatic carbocycles. The molecule has 0 saturated heterocycles. The number of hydrogen-bond acceptors (Lipinski definition) is 3. The van der Waals surface area contributed by atoms with Gasteiger partial charge < -0.3 is 15.6 Å². The standard InChI is InChI=1S/C13H15ClN4S/c1-9(7-18-5-4-16-8-18)17-12-3-2-10(14)6-11(12)13(15)19/h2-6,8-9,17H,7H2,1H3,(H2,15,19). The molecule has 0 amide bonds. The van der Waals surface area contributed by atoms with Crippen molar-refractivity contribution in [3.8, 4) is 0 Å². The van der Waals surface area contributed by atoms with E-state index in [2.05, 4.69) is 17.2 Å². The molecule has 0 fully saturated rings. The molecular formula is C13H15ClN4S. The lowest BCUT2D eigenvalue weighted by molar-refractivity contribution is 0.619. The molecule has 0 bridgehead atoms. The zero-order chi connectivity index (χ0) is 13.8. The van der Waals surface area contributed by atoms with Gasteiger partial charge in [-0.05, 0) is 25.1 Å². The smallest absolute Gasteiger partial charge is 0.106 e. The van der Waals surface area contributed by atoms with Gasteiger partial charge in [-0.1, -0.05) is 23.8 Å². The van der Waals surface area contributed by atoms with E-state index < -0.39 is 0 Å². The van der Waals surface area contributed by atoms with Crippen LogP contribution in [0.2, 0.25) is 5.02 Å². The highest BCUT2D eigenvalue weighted by Crippen LogP contribution is 2.21. The van der Waals surface area contributed by atoms with Gasteiger partial charge in [-0.2, -0.15) is 0 Å². The zero-order valence-electron chi connectivity index (χ0n) is 10.5. The Morgan fingerprint density at radius 2 is 2.37 bits per heavy atom. The van der Waals surface area contributed by atoms with Gasteiger partial charge >= 0.3 is 0 Å². The predicted molar refractivity (Wildman–Crippen MR) is 82.7 cm³/mol. The van der Waals surface area contributed by atoms with Crippen molar-refractivity contribution in [3.05, 3.63) is 47.5 Å². The lowest BCUT2D eigenvalue weighted by Crippen LogP contribution is -2.23. The summed E-state index contributed by atoms with van der Waals surface area (Å²) in [7, 11) is 0. The van der Waals surface area contributed by atoms with E-state index in [1.54, 1.807) is 18.6 Å². The lowest BCUT2D eigenvalue weighted by Gasteiger charge is -2.18. The van der Waals surface area contributed by atoms with Gasteiger partial charge in [0, 0.05) is 41.3 Å². The van der Waals surface area contributed by atoms with Gasteiger partial charge in [-0.3, -0.25) is 0 Å². The first-order valence-electron chi connectivity index (χ1n) is 5.88. The number of anilines is 1. The number of thiocarbonyl (C=S) groups is 1. The van der Waals surface area contributed by atoms with E-state index in [1.165, 1.54) is 0 Å². The minimum Gasteiger partial charge on any atom is -0.389 e. The summed E-state index contributed by atoms with van der Waals surface area (Å²) in [5.74, 6) is 0. The summed E-state index contributed by atoms with van der Waals surface area (Å²) in [6.07, 6.45) is 5.47. The fraction of sp³-hybridized carbons (Fsp3) is 0.231. The summed E-state index contributed by atoms with van der Waals surface area (Å²) < 4.78 is 2.01. The van der Waals surface area contributed by atoms with Crippen LogP contribution in [-0.4, -0.2) is 20.6 Å². The van der Waals surface area contributed by atoms with Crippen LogP contribution >= 0.6 is 23.8 Å². The minimum atomic E-state index is 0.212. The number of aromatic nitrogens is 2. The fourth-order valence-corrected chi connectivity index (χ4v) is 2.21. The molecule has 4 nitrogen and oxygen atoms in total. The van der Waals surface area contributed by atoms with Crippen LogP contribution in [0, 0.1) is 0 Å². The number of halogens is 1. The summed E-state index contributed by atoms with van der Waals surface area (Å²) >= 11 is 11.0. The van der Waals surface area contributed by atoms with Crippen LogP contribution in [0.25, 0.3) is 0 Å². The van der Waals surface area contributed by atoms with Crippen LogP contribution < -0.4 is 11.1 Å². The highest BCUT2D eigenvalue weighted by molar-refractivity contribution is 7.80. The average molecular weight is 295 g/mol. The first-order chi connectivity index (χ1) is 9.06. The van der Waals surface area contributed by atoms with E-state index in [0.29, 0.717) is 10.0 Å². The second-order valence-electron chi connectivity index (χ2n) is 4.36. The van der Waals surface area contributed by atoms with Crippen molar-refractivity contribution in [2.75, 3.05) is 5.32 Å². The second kappa shape index (κ2) is 6.04. The summed E-state index contributed by atoms with van der Waals surface area (Å²) in [6.45, 7) is 2.89. The van der Waals surface area contributed by atoms with E-state index in [4.69, 9.17) is 29.6 Å². The Labute approximate surface area is 122 Å². The Morgan fingerprint density at radius 1 is 1.58 bits per heavy atom. The average Bonchev–Trinajstić information content (AvgIpc) is 2.83. The lowest BCUT2D eigenvalue weighted by atomic mass is 10.1. The third kappa shape index (κ3) is 3.68. The van der Waals surface area contributed by atoms with Gasteiger partial charge in [-0.15, -0.1) is 0 Å². The Kier molecular flexibility index (Phi) is 4.39. The number of nitrogens with zero attached hydrogens (tertiary/aromatic N) is 2. The van der Waals surface area contributed by atoms with E-state index in [-0.39, 0.29) is 6.04 Å². The van der Waals surface area contributed by atoms with Crippen molar-refractivity contribution >= 4 is 34.5 Å². The molecule has 100 valence electrons. The topological polar surface area (TPSA) is 55.9 Å². The van der Waals surface area contributed by atoms with Gasteiger partial charge in [0.25, 0.3) is 0 Å². The van der Waals surface area contributed by atoms with Crippen molar-refractivity contribution < 1.29 is 0 Å². The van der Waals surface area contributed by atoms with E-state index in [9.17, 15) is 0 Å². The van der Waals surface area contributed by atoms with Crippen molar-refractivity contribution in [2.24, 2.45) is 5.73 Å². The Bertz CT molecular complexity index is 568. The molecule has 2 aromatic rings. The molecule has 0 aliphatic rings. The predicted octanol–water partition coefficient (Wildman–Crippen LogP) is 2.67. The molecule has 3 N–H and O–H groups in total. The first kappa shape index (κ1) is 13.8. The third-order valence-corrected chi connectivity index (χ3v) is 3.15. The van der Waals surface area contributed by atoms with E-state index >= 15 is 0 Å². The van der Waals surface area contributed by atoms with Crippen molar-refractivity contribution in [1.29, 1.82) is 0 Å². The van der Waals surface area contributed by atoms with Gasteiger partial charge in [0.15, 0.2) is 0 Å². The molecule has 6 heteroatoms. The molecular weight excluding hydrogens is 280 g/mol. The Hall–Kier alpha value is -1.59. The van der Waals surface area contributed by atoms with E-state index in [1.807, 2.05) is 22.9 Å². The molecule has 1 atom stereocenters. The fourth-order valence-electron chi connectivity index (χ4n) is 1.87. The van der Waals surface area contributed by atoms with Crippen LogP contribution in [0.3, 0.4) is 0 Å². The normalized spacial score (nSPS) is 12.1. The van der Waals surface area contributed by atoms with Gasteiger partial charge in [-0.25, -0.2) is 4.98 Å². The first-order valence-corrected chi connectivity index (χ1v) is 6.66. The molecule has 1 unspecified atom stereocenters. The van der Waals surface area contributed by atoms with Gasteiger partial charge in [0.2, 0.25) is 0 Å². The molecule has 1 aromatic heterocycles. The molecule has 1 heterocycles. The van der Waals surface area contributed by atoms with Crippen molar-refractivity contribution in [1.82, 2.24) is 9.55 Å². The van der Waals surface area contributed by atoms with Crippen molar-refractivity contribution in [2.45, 2.75) is 19.5 Å². The maximum absolute atomic E-state index is 5.96. The molecule has 0 saturated carbocycles. The second-order valence-corrected chi connectivity index (χ2v) is 5.24. The van der Waals surface area contributed by atoms with Crippen LogP contribution in [0.4, 0.5) is 5.69 Å². The van der Waals surface area contributed by atoms with Crippen LogP contribution in [-0.2, 0) is 6.54 Å². The quantitative estimate of drug-likeness (QED) is 0.833. The number of rotatable bonds is 5. The summed E-state index contributed by atoms with van der Waals surface area (Å²) in [6, 6.07) is 5.69. The highest BCUT2D eigenvalue weighted by Gasteiger charge is 2.09. The Balaban J connectivity index is 2.12. The van der Waals surface area contributed by atoms with Gasteiger partial charge in [0.05, 0.1) is 6.33 Å². The summed E-state index contributed by atoms with van der Waals surface area (Å²) in [5.41, 5.74) is 7.37. The SMILES string of the molecule is CC(Cn1ccnc1)Nc1ccc(Cl)cc1C(N)=S. The molecule has 1 aromatic carbocycles. The number of hydrogen-bond donors (Lipinski definition) is 2. The number of nitrogens with two attached hydrogens (primary N) is 1. The van der Waals surface area contributed by atoms with Crippen LogP contribution in [0.1, 0.15) is 12.5 Å².